The summed E-state index contributed by atoms with van der Waals surface area (Å²) in [6, 6.07) is 4.29. The SMILES string of the molecule is N=C(N)c1ccc(N2CCS(=O)(=O)CC2)c(F)c1. The number of nitrogen functional groups attached to an aromatic ring is 1. The number of nitrogens with two attached hydrogens (primary N) is 1. The topological polar surface area (TPSA) is 87.2 Å². The number of sulfone groups is 1. The van der Waals surface area contributed by atoms with Gasteiger partial charge < -0.3 is 10.6 Å². The molecule has 1 aromatic rings. The monoisotopic (exact) mass is 271 g/mol. The third-order valence-corrected chi connectivity index (χ3v) is 4.55. The van der Waals surface area contributed by atoms with E-state index >= 15 is 0 Å². The molecule has 5 nitrogen and oxygen atoms in total. The highest BCUT2D eigenvalue weighted by Gasteiger charge is 2.23. The van der Waals surface area contributed by atoms with E-state index in [2.05, 4.69) is 0 Å². The van der Waals surface area contributed by atoms with Crippen molar-refractivity contribution >= 4 is 21.4 Å². The fraction of sp³-hybridized carbons (Fsp3) is 0.364. The van der Waals surface area contributed by atoms with Crippen LogP contribution in [0.15, 0.2) is 18.2 Å². The number of rotatable bonds is 2. The van der Waals surface area contributed by atoms with Crippen molar-refractivity contribution in [1.82, 2.24) is 0 Å². The molecule has 98 valence electrons. The van der Waals surface area contributed by atoms with E-state index in [1.165, 1.54) is 12.1 Å². The van der Waals surface area contributed by atoms with Crippen molar-refractivity contribution in [2.24, 2.45) is 5.73 Å². The fourth-order valence-electron chi connectivity index (χ4n) is 1.88. The summed E-state index contributed by atoms with van der Waals surface area (Å²) in [6.45, 7) is 0.581. The van der Waals surface area contributed by atoms with Crippen molar-refractivity contribution < 1.29 is 12.8 Å². The van der Waals surface area contributed by atoms with Crippen molar-refractivity contribution in [1.29, 1.82) is 5.41 Å². The zero-order valence-corrected chi connectivity index (χ0v) is 10.5. The van der Waals surface area contributed by atoms with Gasteiger partial charge in [0.25, 0.3) is 0 Å². The molecule has 1 aliphatic heterocycles. The van der Waals surface area contributed by atoms with Gasteiger partial charge in [-0.2, -0.15) is 0 Å². The Balaban J connectivity index is 2.22. The summed E-state index contributed by atoms with van der Waals surface area (Å²) in [5.74, 6) is -0.592. The van der Waals surface area contributed by atoms with E-state index in [1.807, 2.05) is 0 Å². The lowest BCUT2D eigenvalue weighted by atomic mass is 10.1. The van der Waals surface area contributed by atoms with Crippen molar-refractivity contribution in [3.63, 3.8) is 0 Å². The maximum absolute atomic E-state index is 13.8. The van der Waals surface area contributed by atoms with Gasteiger partial charge in [-0.05, 0) is 18.2 Å². The molecule has 0 bridgehead atoms. The summed E-state index contributed by atoms with van der Waals surface area (Å²) >= 11 is 0. The lowest BCUT2D eigenvalue weighted by molar-refractivity contribution is 0.581. The zero-order valence-electron chi connectivity index (χ0n) is 9.69. The standard InChI is InChI=1S/C11H14FN3O2S/c12-9-7-8(11(13)14)1-2-10(9)15-3-5-18(16,17)6-4-15/h1-2,7H,3-6H2,(H3,13,14). The van der Waals surface area contributed by atoms with Crippen molar-refractivity contribution in [2.75, 3.05) is 29.5 Å². The predicted molar refractivity (Wildman–Crippen MR) is 68.3 cm³/mol. The smallest absolute Gasteiger partial charge is 0.153 e. The number of halogens is 1. The number of anilines is 1. The van der Waals surface area contributed by atoms with Crippen LogP contribution in [-0.4, -0.2) is 38.8 Å². The van der Waals surface area contributed by atoms with Crippen LogP contribution in [0.4, 0.5) is 10.1 Å². The Hall–Kier alpha value is -1.63. The number of nitrogens with zero attached hydrogens (tertiary/aromatic N) is 1. The molecule has 0 spiro atoms. The molecule has 2 rings (SSSR count). The van der Waals surface area contributed by atoms with Crippen LogP contribution < -0.4 is 10.6 Å². The second-order valence-electron chi connectivity index (χ2n) is 4.22. The molecule has 18 heavy (non-hydrogen) atoms. The van der Waals surface area contributed by atoms with E-state index in [9.17, 15) is 12.8 Å². The Labute approximate surface area is 105 Å². The fourth-order valence-corrected chi connectivity index (χ4v) is 3.09. The highest BCUT2D eigenvalue weighted by Crippen LogP contribution is 2.22. The van der Waals surface area contributed by atoms with Gasteiger partial charge in [-0.1, -0.05) is 0 Å². The van der Waals surface area contributed by atoms with E-state index in [-0.39, 0.29) is 17.3 Å². The molecular weight excluding hydrogens is 257 g/mol. The first-order valence-electron chi connectivity index (χ1n) is 5.48. The minimum absolute atomic E-state index is 0.0426. The quantitative estimate of drug-likeness (QED) is 0.600. The third-order valence-electron chi connectivity index (χ3n) is 2.94. The molecule has 1 saturated heterocycles. The van der Waals surface area contributed by atoms with E-state index < -0.39 is 15.7 Å². The van der Waals surface area contributed by atoms with E-state index in [0.717, 1.165) is 0 Å². The second-order valence-corrected chi connectivity index (χ2v) is 6.52. The first kappa shape index (κ1) is 12.8. The Morgan fingerprint density at radius 3 is 2.44 bits per heavy atom. The van der Waals surface area contributed by atoms with Gasteiger partial charge in [0.2, 0.25) is 0 Å². The van der Waals surface area contributed by atoms with Gasteiger partial charge in [0.1, 0.15) is 11.7 Å². The maximum atomic E-state index is 13.8. The summed E-state index contributed by atoms with van der Waals surface area (Å²) < 4.78 is 36.4. The first-order chi connectivity index (χ1) is 8.39. The maximum Gasteiger partial charge on any atom is 0.153 e. The minimum atomic E-state index is -2.98. The Bertz CT molecular complexity index is 572. The Morgan fingerprint density at radius 2 is 1.94 bits per heavy atom. The average Bonchev–Trinajstić information content (AvgIpc) is 2.29. The third kappa shape index (κ3) is 2.61. The summed E-state index contributed by atoms with van der Waals surface area (Å²) in [7, 11) is -2.98. The van der Waals surface area contributed by atoms with Crippen LogP contribution in [0, 0.1) is 11.2 Å². The number of nitrogens with one attached hydrogen (secondary N) is 1. The second kappa shape index (κ2) is 4.56. The highest BCUT2D eigenvalue weighted by atomic mass is 32.2. The number of hydrogen-bond donors (Lipinski definition) is 2. The zero-order chi connectivity index (χ0) is 13.3. The molecule has 0 aromatic heterocycles. The van der Waals surface area contributed by atoms with Gasteiger partial charge >= 0.3 is 0 Å². The largest absolute Gasteiger partial charge is 0.384 e. The van der Waals surface area contributed by atoms with Crippen LogP contribution in [-0.2, 0) is 9.84 Å². The minimum Gasteiger partial charge on any atom is -0.384 e. The molecule has 1 fully saturated rings. The van der Waals surface area contributed by atoms with Gasteiger partial charge in [-0.25, -0.2) is 12.8 Å². The molecule has 0 atom stereocenters. The summed E-state index contributed by atoms with van der Waals surface area (Å²) in [4.78, 5) is 1.69. The van der Waals surface area contributed by atoms with Gasteiger partial charge in [-0.15, -0.1) is 0 Å². The Morgan fingerprint density at radius 1 is 1.33 bits per heavy atom. The number of hydrogen-bond acceptors (Lipinski definition) is 4. The van der Waals surface area contributed by atoms with Crippen LogP contribution in [0.5, 0.6) is 0 Å². The summed E-state index contributed by atoms with van der Waals surface area (Å²) in [5, 5.41) is 7.22. The molecular formula is C11H14FN3O2S. The number of amidine groups is 1. The van der Waals surface area contributed by atoms with E-state index in [4.69, 9.17) is 11.1 Å². The average molecular weight is 271 g/mol. The van der Waals surface area contributed by atoms with Gasteiger partial charge in [0.05, 0.1) is 17.2 Å². The molecule has 1 aromatic carbocycles. The van der Waals surface area contributed by atoms with Gasteiger partial charge in [-0.3, -0.25) is 5.41 Å². The van der Waals surface area contributed by atoms with Crippen LogP contribution in [0.25, 0.3) is 0 Å². The van der Waals surface area contributed by atoms with Crippen LogP contribution >= 0.6 is 0 Å². The van der Waals surface area contributed by atoms with E-state index in [1.54, 1.807) is 11.0 Å². The van der Waals surface area contributed by atoms with Gasteiger partial charge in [0.15, 0.2) is 9.84 Å². The molecule has 0 unspecified atom stereocenters. The molecule has 1 heterocycles. The molecule has 1 aliphatic rings. The van der Waals surface area contributed by atoms with Crippen molar-refractivity contribution in [3.05, 3.63) is 29.6 Å². The first-order valence-corrected chi connectivity index (χ1v) is 7.30. The van der Waals surface area contributed by atoms with Crippen molar-refractivity contribution in [3.8, 4) is 0 Å². The van der Waals surface area contributed by atoms with Crippen molar-refractivity contribution in [2.45, 2.75) is 0 Å². The Kier molecular flexibility index (Phi) is 3.25. The summed E-state index contributed by atoms with van der Waals surface area (Å²) in [6.07, 6.45) is 0. The molecule has 0 saturated carbocycles. The predicted octanol–water partition coefficient (Wildman–Crippen LogP) is 0.345. The van der Waals surface area contributed by atoms with Crippen LogP contribution in [0.3, 0.4) is 0 Å². The summed E-state index contributed by atoms with van der Waals surface area (Å²) in [5.41, 5.74) is 5.95. The lowest BCUT2D eigenvalue weighted by Gasteiger charge is -2.29. The molecule has 0 radical (unpaired) electrons. The lowest BCUT2D eigenvalue weighted by Crippen LogP contribution is -2.40. The normalized spacial score (nSPS) is 18.6. The number of benzene rings is 1. The molecule has 0 amide bonds. The van der Waals surface area contributed by atoms with Crippen LogP contribution in [0.1, 0.15) is 5.56 Å². The molecule has 3 N–H and O–H groups in total. The highest BCUT2D eigenvalue weighted by molar-refractivity contribution is 7.91. The van der Waals surface area contributed by atoms with Crippen LogP contribution in [0.2, 0.25) is 0 Å². The van der Waals surface area contributed by atoms with E-state index in [0.29, 0.717) is 24.3 Å². The van der Waals surface area contributed by atoms with Gasteiger partial charge in [0, 0.05) is 18.7 Å². The molecule has 7 heteroatoms. The molecule has 0 aliphatic carbocycles.